The number of fused-ring (bicyclic) bond motifs is 1. The first-order valence-corrected chi connectivity index (χ1v) is 17.6. The molecule has 10 heteroatoms. The third-order valence-electron chi connectivity index (χ3n) is 8.19. The van der Waals surface area contributed by atoms with Crippen molar-refractivity contribution in [3.63, 3.8) is 0 Å². The van der Waals surface area contributed by atoms with Crippen molar-refractivity contribution in [1.82, 2.24) is 5.32 Å². The van der Waals surface area contributed by atoms with Gasteiger partial charge in [-0.25, -0.2) is 4.79 Å². The topological polar surface area (TPSA) is 114 Å². The van der Waals surface area contributed by atoms with Gasteiger partial charge in [-0.2, -0.15) is 0 Å². The van der Waals surface area contributed by atoms with E-state index in [1.54, 1.807) is 48.5 Å². The summed E-state index contributed by atoms with van der Waals surface area (Å²) >= 11 is 2.84. The molecule has 0 aliphatic heterocycles. The molecule has 1 aromatic heterocycles. The molecule has 2 atom stereocenters. The molecule has 4 aromatic rings. The largest absolute Gasteiger partial charge is 0.465 e. The maximum Gasteiger partial charge on any atom is 0.341 e. The molecule has 0 radical (unpaired) electrons. The molecule has 3 amide bonds. The van der Waals surface area contributed by atoms with Gasteiger partial charge in [0, 0.05) is 21.0 Å². The van der Waals surface area contributed by atoms with Gasteiger partial charge in [-0.1, -0.05) is 62.4 Å². The summed E-state index contributed by atoms with van der Waals surface area (Å²) in [6, 6.07) is 23.6. The van der Waals surface area contributed by atoms with Crippen LogP contribution in [0.2, 0.25) is 0 Å². The van der Waals surface area contributed by atoms with E-state index >= 15 is 0 Å². The number of thiophene rings is 1. The number of hydrogen-bond acceptors (Lipinski definition) is 7. The Hall–Kier alpha value is -4.67. The number of hydrogen-bond donors (Lipinski definition) is 3. The summed E-state index contributed by atoms with van der Waals surface area (Å²) in [7, 11) is 1.36. The number of nitrogens with one attached hydrogen (secondary N) is 3. The van der Waals surface area contributed by atoms with Crippen molar-refractivity contribution in [2.24, 2.45) is 5.92 Å². The van der Waals surface area contributed by atoms with E-state index in [0.29, 0.717) is 34.2 Å². The fourth-order valence-electron chi connectivity index (χ4n) is 5.53. The average Bonchev–Trinajstić information content (AvgIpc) is 3.44. The van der Waals surface area contributed by atoms with Crippen LogP contribution < -0.4 is 16.0 Å². The molecule has 48 heavy (non-hydrogen) atoms. The summed E-state index contributed by atoms with van der Waals surface area (Å²) in [5, 5.41) is 8.80. The molecule has 0 fully saturated rings. The summed E-state index contributed by atoms with van der Waals surface area (Å²) in [6.45, 7) is 6.06. The molecule has 0 saturated carbocycles. The molecule has 3 N–H and O–H groups in total. The molecule has 0 bridgehead atoms. The van der Waals surface area contributed by atoms with Crippen molar-refractivity contribution in [3.8, 4) is 0 Å². The van der Waals surface area contributed by atoms with Crippen LogP contribution in [0, 0.1) is 12.8 Å². The van der Waals surface area contributed by atoms with E-state index in [0.717, 1.165) is 45.7 Å². The van der Waals surface area contributed by atoms with E-state index in [9.17, 15) is 19.2 Å². The fraction of sp³-hybridized carbons (Fsp3) is 0.263. The number of carbonyl (C=O) groups excluding carboxylic acids is 4. The Balaban J connectivity index is 1.32. The Morgan fingerprint density at radius 3 is 2.48 bits per heavy atom. The van der Waals surface area contributed by atoms with Crippen LogP contribution in [-0.4, -0.2) is 36.1 Å². The second kappa shape index (κ2) is 16.0. The van der Waals surface area contributed by atoms with Gasteiger partial charge in [-0.15, -0.1) is 23.1 Å². The number of methoxy groups -OCH3 is 1. The number of carbonyl (C=O) groups is 4. The Morgan fingerprint density at radius 2 is 1.75 bits per heavy atom. The number of amides is 3. The van der Waals surface area contributed by atoms with Gasteiger partial charge in [-0.3, -0.25) is 14.4 Å². The summed E-state index contributed by atoms with van der Waals surface area (Å²) in [5.41, 5.74) is 4.24. The van der Waals surface area contributed by atoms with Crippen molar-refractivity contribution in [3.05, 3.63) is 117 Å². The normalized spacial score (nSPS) is 14.8. The van der Waals surface area contributed by atoms with E-state index in [-0.39, 0.29) is 11.6 Å². The molecular weight excluding hydrogens is 643 g/mol. The smallest absolute Gasteiger partial charge is 0.341 e. The molecule has 1 aliphatic carbocycles. The zero-order chi connectivity index (χ0) is 34.2. The average molecular weight is 682 g/mol. The van der Waals surface area contributed by atoms with E-state index in [4.69, 9.17) is 4.74 Å². The molecule has 5 rings (SSSR count). The Labute approximate surface area is 289 Å². The van der Waals surface area contributed by atoms with Crippen LogP contribution in [0.1, 0.15) is 69.0 Å². The zero-order valence-electron chi connectivity index (χ0n) is 27.4. The van der Waals surface area contributed by atoms with Crippen LogP contribution in [0.15, 0.2) is 89.5 Å². The predicted molar refractivity (Wildman–Crippen MR) is 194 cm³/mol. The van der Waals surface area contributed by atoms with Crippen molar-refractivity contribution in [2.75, 3.05) is 17.7 Å². The number of anilines is 2. The van der Waals surface area contributed by atoms with Gasteiger partial charge in [-0.05, 0) is 91.6 Å². The molecule has 1 heterocycles. The minimum absolute atomic E-state index is 0.0940. The monoisotopic (exact) mass is 681 g/mol. The summed E-state index contributed by atoms with van der Waals surface area (Å²) in [6.07, 6.45) is 4.85. The lowest BCUT2D eigenvalue weighted by Gasteiger charge is -2.18. The van der Waals surface area contributed by atoms with Crippen LogP contribution in [0.3, 0.4) is 0 Å². The van der Waals surface area contributed by atoms with Gasteiger partial charge in [0.25, 0.3) is 11.8 Å². The van der Waals surface area contributed by atoms with Crippen LogP contribution >= 0.6 is 23.1 Å². The van der Waals surface area contributed by atoms with Crippen LogP contribution in [-0.2, 0) is 27.2 Å². The highest BCUT2D eigenvalue weighted by molar-refractivity contribution is 8.00. The first-order chi connectivity index (χ1) is 23.2. The van der Waals surface area contributed by atoms with Crippen LogP contribution in [0.25, 0.3) is 6.08 Å². The van der Waals surface area contributed by atoms with Gasteiger partial charge in [0.05, 0.1) is 17.9 Å². The molecule has 248 valence electrons. The van der Waals surface area contributed by atoms with Crippen molar-refractivity contribution in [2.45, 2.75) is 56.6 Å². The minimum Gasteiger partial charge on any atom is -0.465 e. The number of rotatable bonds is 11. The van der Waals surface area contributed by atoms with Crippen molar-refractivity contribution >= 4 is 63.6 Å². The minimum atomic E-state index is -0.485. The Bertz CT molecular complexity index is 1850. The second-order valence-corrected chi connectivity index (χ2v) is 14.1. The number of esters is 1. The standard InChI is InChI=1S/C38H39N3O5S2/c1-5-31(36(44)41-37-33(38(45)46-4)29-19-18-23(2)20-32(29)48-37)47-28-17-11-16-27(22-28)39-35(43)30(21-26-15-10-9-12-24(26)3)40-34(42)25-13-7-6-8-14-25/h6-17,21-23,31H,5,18-20H2,1-4H3,(H,39,43)(H,40,42)(H,41,44)/b30-21-. The highest BCUT2D eigenvalue weighted by Crippen LogP contribution is 2.40. The van der Waals surface area contributed by atoms with Gasteiger partial charge < -0.3 is 20.7 Å². The quantitative estimate of drug-likeness (QED) is 0.0843. The molecule has 0 spiro atoms. The number of ether oxygens (including phenoxy) is 1. The highest BCUT2D eigenvalue weighted by atomic mass is 32.2. The molecule has 3 aromatic carbocycles. The molecule has 2 unspecified atom stereocenters. The summed E-state index contributed by atoms with van der Waals surface area (Å²) in [4.78, 5) is 54.9. The maximum absolute atomic E-state index is 13.6. The van der Waals surface area contributed by atoms with Gasteiger partial charge in [0.2, 0.25) is 5.91 Å². The lowest BCUT2D eigenvalue weighted by molar-refractivity contribution is -0.116. The van der Waals surface area contributed by atoms with Gasteiger partial charge in [0.1, 0.15) is 10.7 Å². The van der Waals surface area contributed by atoms with Crippen LogP contribution in [0.4, 0.5) is 10.7 Å². The first-order valence-electron chi connectivity index (χ1n) is 15.9. The number of benzene rings is 3. The second-order valence-electron chi connectivity index (χ2n) is 11.8. The third-order valence-corrected chi connectivity index (χ3v) is 10.7. The summed E-state index contributed by atoms with van der Waals surface area (Å²) < 4.78 is 5.09. The number of aryl methyl sites for hydroxylation is 1. The third kappa shape index (κ3) is 8.42. The highest BCUT2D eigenvalue weighted by Gasteiger charge is 2.30. The lowest BCUT2D eigenvalue weighted by atomic mass is 9.88. The SMILES string of the molecule is CCC(Sc1cccc(NC(=O)/C(=C/c2ccccc2C)NC(=O)c2ccccc2)c1)C(=O)Nc1sc2c(c1C(=O)OC)CCC(C)C2. The number of thioether (sulfide) groups is 1. The molecule has 1 aliphatic rings. The Kier molecular flexibility index (Phi) is 11.5. The molecule has 8 nitrogen and oxygen atoms in total. The van der Waals surface area contributed by atoms with E-state index in [2.05, 4.69) is 22.9 Å². The van der Waals surface area contributed by atoms with E-state index in [1.807, 2.05) is 50.2 Å². The van der Waals surface area contributed by atoms with Crippen molar-refractivity contribution < 1.29 is 23.9 Å². The summed E-state index contributed by atoms with van der Waals surface area (Å²) in [5.74, 6) is -1.01. The lowest BCUT2D eigenvalue weighted by Crippen LogP contribution is -2.30. The van der Waals surface area contributed by atoms with Crippen molar-refractivity contribution in [1.29, 1.82) is 0 Å². The predicted octanol–water partition coefficient (Wildman–Crippen LogP) is 7.89. The fourth-order valence-corrected chi connectivity index (χ4v) is 7.94. The maximum atomic E-state index is 13.6. The molecule has 0 saturated heterocycles. The zero-order valence-corrected chi connectivity index (χ0v) is 29.1. The first kappa shape index (κ1) is 34.7. The van der Waals surface area contributed by atoms with E-state index in [1.165, 1.54) is 30.2 Å². The Morgan fingerprint density at radius 1 is 1.00 bits per heavy atom. The van der Waals surface area contributed by atoms with Gasteiger partial charge >= 0.3 is 5.97 Å². The molecular formula is C38H39N3O5S2. The van der Waals surface area contributed by atoms with Gasteiger partial charge in [0.15, 0.2) is 0 Å². The van der Waals surface area contributed by atoms with Crippen LogP contribution in [0.5, 0.6) is 0 Å². The van der Waals surface area contributed by atoms with E-state index < -0.39 is 23.0 Å².